The molecule has 112 valence electrons. The van der Waals surface area contributed by atoms with Crippen molar-refractivity contribution in [1.82, 2.24) is 9.80 Å². The van der Waals surface area contributed by atoms with Gasteiger partial charge in [0.1, 0.15) is 0 Å². The molecule has 2 atom stereocenters. The van der Waals surface area contributed by atoms with Crippen molar-refractivity contribution in [2.24, 2.45) is 5.92 Å². The molecule has 20 heavy (non-hydrogen) atoms. The van der Waals surface area contributed by atoms with Gasteiger partial charge in [-0.05, 0) is 25.6 Å². The van der Waals surface area contributed by atoms with E-state index in [-0.39, 0.29) is 0 Å². The highest BCUT2D eigenvalue weighted by molar-refractivity contribution is 6.88. The van der Waals surface area contributed by atoms with Crippen LogP contribution in [0.25, 0.3) is 0 Å². The predicted molar refractivity (Wildman–Crippen MR) is 91.3 cm³/mol. The number of hydrogen-bond acceptors (Lipinski definition) is 2. The van der Waals surface area contributed by atoms with Gasteiger partial charge in [-0.2, -0.15) is 0 Å². The Morgan fingerprint density at radius 1 is 1.10 bits per heavy atom. The first-order valence-corrected chi connectivity index (χ1v) is 11.3. The van der Waals surface area contributed by atoms with E-state index >= 15 is 0 Å². The van der Waals surface area contributed by atoms with Crippen LogP contribution in [0.3, 0.4) is 0 Å². The standard InChI is InChI=1S/C17H30N2Si/c1-14-11-19(13-17(14)18(2)3)12-15-7-9-16(10-8-15)20(4,5)6/h7-10,14,17H,11-13H2,1-6H3. The van der Waals surface area contributed by atoms with Crippen LogP contribution in [-0.2, 0) is 6.54 Å². The fourth-order valence-corrected chi connectivity index (χ4v) is 4.38. The summed E-state index contributed by atoms with van der Waals surface area (Å²) in [5.74, 6) is 0.770. The van der Waals surface area contributed by atoms with Crippen molar-refractivity contribution in [3.05, 3.63) is 29.8 Å². The molecule has 0 aromatic heterocycles. The Morgan fingerprint density at radius 2 is 1.70 bits per heavy atom. The van der Waals surface area contributed by atoms with Gasteiger partial charge in [0.2, 0.25) is 0 Å². The fourth-order valence-electron chi connectivity index (χ4n) is 3.22. The second-order valence-corrected chi connectivity index (χ2v) is 12.7. The summed E-state index contributed by atoms with van der Waals surface area (Å²) in [4.78, 5) is 4.97. The summed E-state index contributed by atoms with van der Waals surface area (Å²) in [6, 6.07) is 10.1. The Labute approximate surface area is 125 Å². The molecule has 0 spiro atoms. The number of benzene rings is 1. The number of likely N-dealkylation sites (N-methyl/N-ethyl adjacent to an activating group) is 1. The third-order valence-electron chi connectivity index (χ3n) is 4.54. The van der Waals surface area contributed by atoms with Gasteiger partial charge < -0.3 is 4.90 Å². The molecule has 2 unspecified atom stereocenters. The first-order chi connectivity index (χ1) is 9.27. The maximum atomic E-state index is 2.60. The van der Waals surface area contributed by atoms with E-state index in [9.17, 15) is 0 Å². The van der Waals surface area contributed by atoms with E-state index in [0.29, 0.717) is 6.04 Å². The Balaban J connectivity index is 1.98. The van der Waals surface area contributed by atoms with Gasteiger partial charge in [0.15, 0.2) is 0 Å². The van der Waals surface area contributed by atoms with Crippen LogP contribution in [0.15, 0.2) is 24.3 Å². The molecular formula is C17H30N2Si. The summed E-state index contributed by atoms with van der Waals surface area (Å²) in [5.41, 5.74) is 1.46. The Bertz CT molecular complexity index is 433. The summed E-state index contributed by atoms with van der Waals surface area (Å²) >= 11 is 0. The van der Waals surface area contributed by atoms with Crippen molar-refractivity contribution in [3.8, 4) is 0 Å². The van der Waals surface area contributed by atoms with Gasteiger partial charge in [0, 0.05) is 25.7 Å². The maximum absolute atomic E-state index is 2.60. The monoisotopic (exact) mass is 290 g/mol. The van der Waals surface area contributed by atoms with Crippen molar-refractivity contribution in [2.75, 3.05) is 27.2 Å². The summed E-state index contributed by atoms with van der Waals surface area (Å²) in [6.07, 6.45) is 0. The number of rotatable bonds is 4. The first kappa shape index (κ1) is 15.7. The molecule has 3 heteroatoms. The molecule has 0 amide bonds. The van der Waals surface area contributed by atoms with Crippen molar-refractivity contribution in [2.45, 2.75) is 39.2 Å². The van der Waals surface area contributed by atoms with Crippen LogP contribution in [-0.4, -0.2) is 51.1 Å². The molecule has 1 aromatic carbocycles. The van der Waals surface area contributed by atoms with Crippen molar-refractivity contribution in [1.29, 1.82) is 0 Å². The van der Waals surface area contributed by atoms with E-state index in [0.717, 1.165) is 12.5 Å². The second kappa shape index (κ2) is 6.00. The van der Waals surface area contributed by atoms with Gasteiger partial charge >= 0.3 is 0 Å². The normalized spacial score (nSPS) is 24.6. The Hall–Kier alpha value is -0.643. The zero-order valence-electron chi connectivity index (χ0n) is 14.0. The Kier molecular flexibility index (Phi) is 4.72. The fraction of sp³-hybridized carbons (Fsp3) is 0.647. The van der Waals surface area contributed by atoms with E-state index < -0.39 is 8.07 Å². The average Bonchev–Trinajstić information content (AvgIpc) is 2.70. The van der Waals surface area contributed by atoms with Crippen LogP contribution in [0, 0.1) is 5.92 Å². The van der Waals surface area contributed by atoms with Gasteiger partial charge in [-0.25, -0.2) is 0 Å². The molecule has 1 aliphatic rings. The topological polar surface area (TPSA) is 6.48 Å². The van der Waals surface area contributed by atoms with E-state index in [2.05, 4.69) is 74.7 Å². The van der Waals surface area contributed by atoms with Crippen LogP contribution in [0.4, 0.5) is 0 Å². The van der Waals surface area contributed by atoms with Gasteiger partial charge in [0.25, 0.3) is 0 Å². The highest BCUT2D eigenvalue weighted by Gasteiger charge is 2.30. The minimum Gasteiger partial charge on any atom is -0.305 e. The van der Waals surface area contributed by atoms with Crippen molar-refractivity contribution >= 4 is 13.3 Å². The quantitative estimate of drug-likeness (QED) is 0.787. The van der Waals surface area contributed by atoms with Crippen LogP contribution < -0.4 is 5.19 Å². The molecule has 0 bridgehead atoms. The van der Waals surface area contributed by atoms with Gasteiger partial charge in [-0.15, -0.1) is 0 Å². The van der Waals surface area contributed by atoms with Gasteiger partial charge in [-0.3, -0.25) is 4.90 Å². The third kappa shape index (κ3) is 3.71. The lowest BCUT2D eigenvalue weighted by atomic mass is 10.1. The molecule has 1 aliphatic heterocycles. The lowest BCUT2D eigenvalue weighted by Gasteiger charge is -2.22. The van der Waals surface area contributed by atoms with Crippen LogP contribution in [0.2, 0.25) is 19.6 Å². The number of likely N-dealkylation sites (tertiary alicyclic amines) is 1. The molecule has 1 heterocycles. The predicted octanol–water partition coefficient (Wildman–Crippen LogP) is 2.61. The smallest absolute Gasteiger partial charge is 0.0775 e. The zero-order valence-corrected chi connectivity index (χ0v) is 15.0. The highest BCUT2D eigenvalue weighted by Crippen LogP contribution is 2.21. The lowest BCUT2D eigenvalue weighted by molar-refractivity contribution is 0.250. The van der Waals surface area contributed by atoms with E-state index in [1.807, 2.05) is 0 Å². The van der Waals surface area contributed by atoms with Gasteiger partial charge in [0.05, 0.1) is 8.07 Å². The lowest BCUT2D eigenvalue weighted by Crippen LogP contribution is -2.37. The van der Waals surface area contributed by atoms with E-state index in [1.54, 1.807) is 5.19 Å². The largest absolute Gasteiger partial charge is 0.305 e. The summed E-state index contributed by atoms with van der Waals surface area (Å²) in [6.45, 7) is 13.1. The minimum absolute atomic E-state index is 0.705. The third-order valence-corrected chi connectivity index (χ3v) is 6.60. The number of nitrogens with zero attached hydrogens (tertiary/aromatic N) is 2. The second-order valence-electron chi connectivity index (χ2n) is 7.65. The molecule has 0 aliphatic carbocycles. The summed E-state index contributed by atoms with van der Waals surface area (Å²) in [7, 11) is 3.25. The van der Waals surface area contributed by atoms with Crippen LogP contribution in [0.1, 0.15) is 12.5 Å². The molecule has 1 saturated heterocycles. The van der Waals surface area contributed by atoms with E-state index in [1.165, 1.54) is 18.7 Å². The maximum Gasteiger partial charge on any atom is 0.0775 e. The molecule has 2 nitrogen and oxygen atoms in total. The molecule has 1 fully saturated rings. The molecular weight excluding hydrogens is 260 g/mol. The molecule has 0 N–H and O–H groups in total. The van der Waals surface area contributed by atoms with E-state index in [4.69, 9.17) is 0 Å². The summed E-state index contributed by atoms with van der Waals surface area (Å²) < 4.78 is 0. The zero-order chi connectivity index (χ0) is 14.9. The first-order valence-electron chi connectivity index (χ1n) is 7.75. The molecule has 2 rings (SSSR count). The van der Waals surface area contributed by atoms with Crippen molar-refractivity contribution in [3.63, 3.8) is 0 Å². The average molecular weight is 291 g/mol. The number of hydrogen-bond donors (Lipinski definition) is 0. The minimum atomic E-state index is -1.16. The van der Waals surface area contributed by atoms with Crippen LogP contribution >= 0.6 is 0 Å². The molecule has 0 radical (unpaired) electrons. The van der Waals surface area contributed by atoms with Crippen LogP contribution in [0.5, 0.6) is 0 Å². The highest BCUT2D eigenvalue weighted by atomic mass is 28.3. The molecule has 1 aromatic rings. The van der Waals surface area contributed by atoms with Gasteiger partial charge in [-0.1, -0.05) is 56.0 Å². The summed E-state index contributed by atoms with van der Waals surface area (Å²) in [5, 5.41) is 1.56. The Morgan fingerprint density at radius 3 is 2.15 bits per heavy atom. The molecule has 0 saturated carbocycles. The van der Waals surface area contributed by atoms with Crippen molar-refractivity contribution < 1.29 is 0 Å². The SMILES string of the molecule is CC1CN(Cc2ccc([Si](C)(C)C)cc2)CC1N(C)C.